The van der Waals surface area contributed by atoms with Crippen molar-refractivity contribution in [3.8, 4) is 0 Å². The second-order valence-electron chi connectivity index (χ2n) is 5.20. The highest BCUT2D eigenvalue weighted by Crippen LogP contribution is 2.24. The second kappa shape index (κ2) is 5.72. The van der Waals surface area contributed by atoms with E-state index < -0.39 is 0 Å². The van der Waals surface area contributed by atoms with Gasteiger partial charge >= 0.3 is 0 Å². The topological polar surface area (TPSA) is 42.2 Å². The van der Waals surface area contributed by atoms with Crippen molar-refractivity contribution in [1.82, 2.24) is 14.4 Å². The standard InChI is InChI=1S/C17H12Cl2N4/c18-12-6-5-11(7-13(12)19)8-21-17-16-9-20-10-23(16)15-4-2-1-3-14(15)22-17/h1-7,9-10H,8H2,(H,21,22). The SMILES string of the molecule is Clc1ccc(CNc2nc3ccccc3n3cncc23)cc1Cl. The van der Waals surface area contributed by atoms with Gasteiger partial charge < -0.3 is 5.32 Å². The van der Waals surface area contributed by atoms with Crippen molar-refractivity contribution in [2.75, 3.05) is 5.32 Å². The summed E-state index contributed by atoms with van der Waals surface area (Å²) in [5.74, 6) is 0.785. The average Bonchev–Trinajstić information content (AvgIpc) is 3.06. The molecule has 0 fully saturated rings. The lowest BCUT2D eigenvalue weighted by Crippen LogP contribution is -2.04. The van der Waals surface area contributed by atoms with Gasteiger partial charge in [-0.3, -0.25) is 4.40 Å². The number of aromatic nitrogens is 3. The Labute approximate surface area is 142 Å². The Bertz CT molecular complexity index is 1010. The molecule has 2 aromatic carbocycles. The predicted molar refractivity (Wildman–Crippen MR) is 94.3 cm³/mol. The molecule has 0 aliphatic rings. The lowest BCUT2D eigenvalue weighted by atomic mass is 10.2. The number of rotatable bonds is 3. The molecule has 0 atom stereocenters. The minimum absolute atomic E-state index is 0.548. The molecule has 0 saturated heterocycles. The molecule has 0 saturated carbocycles. The number of para-hydroxylation sites is 2. The van der Waals surface area contributed by atoms with Gasteiger partial charge in [0.25, 0.3) is 0 Å². The molecule has 0 spiro atoms. The van der Waals surface area contributed by atoms with Gasteiger partial charge in [-0.2, -0.15) is 0 Å². The highest BCUT2D eigenvalue weighted by molar-refractivity contribution is 6.42. The van der Waals surface area contributed by atoms with Gasteiger partial charge in [-0.25, -0.2) is 9.97 Å². The number of imidazole rings is 1. The Balaban J connectivity index is 1.72. The molecular formula is C17H12Cl2N4. The van der Waals surface area contributed by atoms with E-state index in [4.69, 9.17) is 28.2 Å². The molecule has 4 rings (SSSR count). The molecule has 4 aromatic rings. The summed E-state index contributed by atoms with van der Waals surface area (Å²) < 4.78 is 2.03. The fourth-order valence-corrected chi connectivity index (χ4v) is 2.89. The number of halogens is 2. The average molecular weight is 343 g/mol. The van der Waals surface area contributed by atoms with Crippen LogP contribution < -0.4 is 5.32 Å². The second-order valence-corrected chi connectivity index (χ2v) is 6.01. The van der Waals surface area contributed by atoms with E-state index in [9.17, 15) is 0 Å². The molecule has 4 nitrogen and oxygen atoms in total. The molecule has 2 aromatic heterocycles. The van der Waals surface area contributed by atoms with E-state index in [1.807, 2.05) is 40.8 Å². The van der Waals surface area contributed by atoms with Crippen LogP contribution in [0.2, 0.25) is 10.0 Å². The molecular weight excluding hydrogens is 331 g/mol. The number of nitrogens with zero attached hydrogens (tertiary/aromatic N) is 3. The predicted octanol–water partition coefficient (Wildman–Crippen LogP) is 4.80. The van der Waals surface area contributed by atoms with Crippen molar-refractivity contribution >= 4 is 45.6 Å². The van der Waals surface area contributed by atoms with E-state index in [1.54, 1.807) is 18.6 Å². The van der Waals surface area contributed by atoms with Gasteiger partial charge in [0.15, 0.2) is 5.82 Å². The molecule has 0 aliphatic carbocycles. The largest absolute Gasteiger partial charge is 0.364 e. The van der Waals surface area contributed by atoms with Crippen LogP contribution in [0.3, 0.4) is 0 Å². The van der Waals surface area contributed by atoms with E-state index in [2.05, 4.69) is 10.3 Å². The van der Waals surface area contributed by atoms with Crippen molar-refractivity contribution in [1.29, 1.82) is 0 Å². The number of anilines is 1. The third-order valence-electron chi connectivity index (χ3n) is 3.70. The van der Waals surface area contributed by atoms with Crippen molar-refractivity contribution in [2.45, 2.75) is 6.54 Å². The van der Waals surface area contributed by atoms with Crippen LogP contribution in [0, 0.1) is 0 Å². The van der Waals surface area contributed by atoms with Crippen LogP contribution in [0.1, 0.15) is 5.56 Å². The lowest BCUT2D eigenvalue weighted by Gasteiger charge is -2.10. The summed E-state index contributed by atoms with van der Waals surface area (Å²) in [5.41, 5.74) is 3.91. The van der Waals surface area contributed by atoms with Crippen molar-refractivity contribution in [3.05, 3.63) is 70.6 Å². The van der Waals surface area contributed by atoms with Gasteiger partial charge in [-0.15, -0.1) is 0 Å². The number of hydrogen-bond acceptors (Lipinski definition) is 3. The minimum Gasteiger partial charge on any atom is -0.364 e. The number of nitrogens with one attached hydrogen (secondary N) is 1. The van der Waals surface area contributed by atoms with E-state index in [-0.39, 0.29) is 0 Å². The van der Waals surface area contributed by atoms with Crippen molar-refractivity contribution in [2.24, 2.45) is 0 Å². The molecule has 0 unspecified atom stereocenters. The normalized spacial score (nSPS) is 11.2. The summed E-state index contributed by atoms with van der Waals surface area (Å²) in [4.78, 5) is 8.94. The molecule has 2 heterocycles. The van der Waals surface area contributed by atoms with Gasteiger partial charge in [-0.1, -0.05) is 41.4 Å². The molecule has 0 aliphatic heterocycles. The van der Waals surface area contributed by atoms with Gasteiger partial charge in [0.2, 0.25) is 0 Å². The van der Waals surface area contributed by atoms with E-state index in [1.165, 1.54) is 0 Å². The van der Waals surface area contributed by atoms with Gasteiger partial charge in [-0.05, 0) is 29.8 Å². The monoisotopic (exact) mass is 342 g/mol. The van der Waals surface area contributed by atoms with Crippen LogP contribution in [0.4, 0.5) is 5.82 Å². The highest BCUT2D eigenvalue weighted by Gasteiger charge is 2.08. The fourth-order valence-electron chi connectivity index (χ4n) is 2.57. The number of hydrogen-bond donors (Lipinski definition) is 1. The molecule has 6 heteroatoms. The third-order valence-corrected chi connectivity index (χ3v) is 4.44. The van der Waals surface area contributed by atoms with E-state index >= 15 is 0 Å². The third kappa shape index (κ3) is 2.60. The lowest BCUT2D eigenvalue weighted by molar-refractivity contribution is 1.11. The first kappa shape index (κ1) is 14.3. The Morgan fingerprint density at radius 3 is 2.74 bits per heavy atom. The summed E-state index contributed by atoms with van der Waals surface area (Å²) in [7, 11) is 0. The van der Waals surface area contributed by atoms with E-state index in [0.29, 0.717) is 16.6 Å². The molecule has 0 amide bonds. The Morgan fingerprint density at radius 1 is 1.00 bits per heavy atom. The molecule has 23 heavy (non-hydrogen) atoms. The van der Waals surface area contributed by atoms with Crippen LogP contribution in [0.15, 0.2) is 55.0 Å². The Hall–Kier alpha value is -2.30. The maximum Gasteiger partial charge on any atom is 0.153 e. The molecule has 114 valence electrons. The zero-order valence-corrected chi connectivity index (χ0v) is 13.5. The maximum absolute atomic E-state index is 6.06. The summed E-state index contributed by atoms with van der Waals surface area (Å²) in [6.45, 7) is 0.600. The zero-order valence-electron chi connectivity index (χ0n) is 12.0. The van der Waals surface area contributed by atoms with Crippen LogP contribution >= 0.6 is 23.2 Å². The first-order valence-corrected chi connectivity index (χ1v) is 7.86. The van der Waals surface area contributed by atoms with Gasteiger partial charge in [0, 0.05) is 6.54 Å². The first-order chi connectivity index (χ1) is 11.2. The number of benzene rings is 2. The maximum atomic E-state index is 6.06. The zero-order chi connectivity index (χ0) is 15.8. The summed E-state index contributed by atoms with van der Waals surface area (Å²) in [6, 6.07) is 13.6. The van der Waals surface area contributed by atoms with Crippen LogP contribution in [0.5, 0.6) is 0 Å². The van der Waals surface area contributed by atoms with Crippen molar-refractivity contribution < 1.29 is 0 Å². The fraction of sp³-hybridized carbons (Fsp3) is 0.0588. The Kier molecular flexibility index (Phi) is 3.56. The van der Waals surface area contributed by atoms with Crippen LogP contribution in [-0.4, -0.2) is 14.4 Å². The molecule has 1 N–H and O–H groups in total. The minimum atomic E-state index is 0.548. The Morgan fingerprint density at radius 2 is 1.87 bits per heavy atom. The van der Waals surface area contributed by atoms with Crippen LogP contribution in [-0.2, 0) is 6.54 Å². The van der Waals surface area contributed by atoms with Crippen LogP contribution in [0.25, 0.3) is 16.6 Å². The number of fused-ring (bicyclic) bond motifs is 3. The first-order valence-electron chi connectivity index (χ1n) is 7.11. The smallest absolute Gasteiger partial charge is 0.153 e. The summed E-state index contributed by atoms with van der Waals surface area (Å²) in [6.07, 6.45) is 3.60. The van der Waals surface area contributed by atoms with Gasteiger partial charge in [0.1, 0.15) is 5.52 Å². The molecule has 0 radical (unpaired) electrons. The highest BCUT2D eigenvalue weighted by atomic mass is 35.5. The quantitative estimate of drug-likeness (QED) is 0.581. The van der Waals surface area contributed by atoms with E-state index in [0.717, 1.165) is 27.9 Å². The van der Waals surface area contributed by atoms with Crippen molar-refractivity contribution in [3.63, 3.8) is 0 Å². The molecule has 0 bridgehead atoms. The van der Waals surface area contributed by atoms with Gasteiger partial charge in [0.05, 0.1) is 33.6 Å². The summed E-state index contributed by atoms with van der Waals surface area (Å²) >= 11 is 12.0. The summed E-state index contributed by atoms with van der Waals surface area (Å²) in [5, 5.41) is 4.46.